The Bertz CT molecular complexity index is 862. The van der Waals surface area contributed by atoms with Crippen LogP contribution in [-0.2, 0) is 10.1 Å². The Kier molecular flexibility index (Phi) is 5.04. The molecule has 0 aromatic heterocycles. The number of hydrogen-bond acceptors (Lipinski definition) is 5. The van der Waals surface area contributed by atoms with Crippen molar-refractivity contribution >= 4 is 16.2 Å². The van der Waals surface area contributed by atoms with E-state index in [9.17, 15) is 8.42 Å². The summed E-state index contributed by atoms with van der Waals surface area (Å²) in [6.07, 6.45) is 3.73. The standard InChI is InChI=1S/C17H15NO4S/c1-3-4-13-7-10-16(17(11-13)21-2)22-23(19,20)15-8-5-14(12-18)6-9-15/h3-11H,1-2H3/b4-3+. The molecule has 0 amide bonds. The van der Waals surface area contributed by atoms with Crippen LogP contribution in [-0.4, -0.2) is 15.5 Å². The van der Waals surface area contributed by atoms with Crippen molar-refractivity contribution in [2.24, 2.45) is 0 Å². The molecule has 23 heavy (non-hydrogen) atoms. The summed E-state index contributed by atoms with van der Waals surface area (Å²) >= 11 is 0. The fourth-order valence-electron chi connectivity index (χ4n) is 1.91. The van der Waals surface area contributed by atoms with Gasteiger partial charge in [0.1, 0.15) is 4.90 Å². The molecule has 0 N–H and O–H groups in total. The van der Waals surface area contributed by atoms with Crippen LogP contribution in [0.5, 0.6) is 11.5 Å². The van der Waals surface area contributed by atoms with E-state index in [0.717, 1.165) is 5.56 Å². The summed E-state index contributed by atoms with van der Waals surface area (Å²) in [7, 11) is -2.56. The quantitative estimate of drug-likeness (QED) is 0.786. The van der Waals surface area contributed by atoms with E-state index in [2.05, 4.69) is 0 Å². The lowest BCUT2D eigenvalue weighted by Gasteiger charge is -2.11. The van der Waals surface area contributed by atoms with E-state index in [0.29, 0.717) is 11.3 Å². The zero-order valence-corrected chi connectivity index (χ0v) is 13.5. The van der Waals surface area contributed by atoms with Gasteiger partial charge in [0.25, 0.3) is 0 Å². The Morgan fingerprint density at radius 2 is 1.78 bits per heavy atom. The van der Waals surface area contributed by atoms with Crippen LogP contribution < -0.4 is 8.92 Å². The number of nitriles is 1. The molecule has 0 saturated carbocycles. The first-order valence-electron chi connectivity index (χ1n) is 6.75. The minimum absolute atomic E-state index is 0.0314. The Hall–Kier alpha value is -2.78. The van der Waals surface area contributed by atoms with E-state index in [4.69, 9.17) is 14.2 Å². The van der Waals surface area contributed by atoms with Crippen molar-refractivity contribution in [3.8, 4) is 17.6 Å². The maximum absolute atomic E-state index is 12.3. The minimum Gasteiger partial charge on any atom is -0.493 e. The van der Waals surface area contributed by atoms with Gasteiger partial charge >= 0.3 is 10.1 Å². The monoisotopic (exact) mass is 329 g/mol. The van der Waals surface area contributed by atoms with Crippen LogP contribution >= 0.6 is 0 Å². The van der Waals surface area contributed by atoms with Gasteiger partial charge in [0, 0.05) is 0 Å². The van der Waals surface area contributed by atoms with Crippen molar-refractivity contribution in [3.05, 3.63) is 59.7 Å². The van der Waals surface area contributed by atoms with Gasteiger partial charge in [0.15, 0.2) is 11.5 Å². The molecule has 0 spiro atoms. The number of methoxy groups -OCH3 is 1. The molecule has 0 aliphatic heterocycles. The van der Waals surface area contributed by atoms with Crippen LogP contribution in [0.2, 0.25) is 0 Å². The van der Waals surface area contributed by atoms with E-state index < -0.39 is 10.1 Å². The van der Waals surface area contributed by atoms with E-state index in [-0.39, 0.29) is 10.6 Å². The van der Waals surface area contributed by atoms with Gasteiger partial charge in [-0.05, 0) is 48.9 Å². The summed E-state index contributed by atoms with van der Waals surface area (Å²) in [5.41, 5.74) is 1.24. The van der Waals surface area contributed by atoms with Crippen LogP contribution in [0, 0.1) is 11.3 Å². The van der Waals surface area contributed by atoms with Gasteiger partial charge in [-0.3, -0.25) is 0 Å². The lowest BCUT2D eigenvalue weighted by Crippen LogP contribution is -2.10. The normalized spacial score (nSPS) is 11.2. The largest absolute Gasteiger partial charge is 0.493 e. The lowest BCUT2D eigenvalue weighted by atomic mass is 10.2. The van der Waals surface area contributed by atoms with Gasteiger partial charge in [0.05, 0.1) is 18.7 Å². The smallest absolute Gasteiger partial charge is 0.339 e. The van der Waals surface area contributed by atoms with Gasteiger partial charge in [-0.1, -0.05) is 18.2 Å². The Labute approximate surface area is 135 Å². The van der Waals surface area contributed by atoms with E-state index >= 15 is 0 Å². The second kappa shape index (κ2) is 6.99. The molecule has 0 bridgehead atoms. The molecule has 0 radical (unpaired) electrons. The van der Waals surface area contributed by atoms with Gasteiger partial charge in [-0.15, -0.1) is 0 Å². The average Bonchev–Trinajstić information content (AvgIpc) is 2.56. The predicted molar refractivity (Wildman–Crippen MR) is 86.7 cm³/mol. The van der Waals surface area contributed by atoms with Crippen LogP contribution in [0.4, 0.5) is 0 Å². The SMILES string of the molecule is C/C=C/c1ccc(OS(=O)(=O)c2ccc(C#N)cc2)c(OC)c1. The second-order valence-electron chi connectivity index (χ2n) is 4.58. The van der Waals surface area contributed by atoms with Crippen molar-refractivity contribution < 1.29 is 17.3 Å². The summed E-state index contributed by atoms with van der Waals surface area (Å²) in [6, 6.07) is 12.4. The molecule has 0 aliphatic carbocycles. The first kappa shape index (κ1) is 16.6. The molecule has 0 heterocycles. The van der Waals surface area contributed by atoms with Gasteiger partial charge in [0.2, 0.25) is 0 Å². The van der Waals surface area contributed by atoms with E-state index in [1.807, 2.05) is 25.1 Å². The fraction of sp³-hybridized carbons (Fsp3) is 0.118. The topological polar surface area (TPSA) is 76.4 Å². The van der Waals surface area contributed by atoms with E-state index in [1.165, 1.54) is 37.4 Å². The number of benzene rings is 2. The summed E-state index contributed by atoms with van der Waals surface area (Å²) in [4.78, 5) is -0.0314. The summed E-state index contributed by atoms with van der Waals surface area (Å²) < 4.78 is 35.0. The predicted octanol–water partition coefficient (Wildman–Crippen LogP) is 3.37. The first-order chi connectivity index (χ1) is 11.0. The average molecular weight is 329 g/mol. The third kappa shape index (κ3) is 3.90. The van der Waals surface area contributed by atoms with Gasteiger partial charge in [-0.25, -0.2) is 0 Å². The Morgan fingerprint density at radius 3 is 2.35 bits per heavy atom. The first-order valence-corrected chi connectivity index (χ1v) is 8.16. The molecular weight excluding hydrogens is 314 g/mol. The van der Waals surface area contributed by atoms with Crippen LogP contribution in [0.15, 0.2) is 53.4 Å². The lowest BCUT2D eigenvalue weighted by molar-refractivity contribution is 0.390. The number of nitrogens with zero attached hydrogens (tertiary/aromatic N) is 1. The zero-order chi connectivity index (χ0) is 16.9. The second-order valence-corrected chi connectivity index (χ2v) is 6.13. The van der Waals surface area contributed by atoms with Crippen LogP contribution in [0.1, 0.15) is 18.1 Å². The Morgan fingerprint density at radius 1 is 1.09 bits per heavy atom. The molecule has 2 rings (SSSR count). The van der Waals surface area contributed by atoms with E-state index in [1.54, 1.807) is 12.1 Å². The minimum atomic E-state index is -4.00. The number of hydrogen-bond donors (Lipinski definition) is 0. The Balaban J connectivity index is 2.34. The molecule has 0 unspecified atom stereocenters. The highest BCUT2D eigenvalue weighted by atomic mass is 32.2. The third-order valence-corrected chi connectivity index (χ3v) is 4.27. The third-order valence-electron chi connectivity index (χ3n) is 3.02. The molecular formula is C17H15NO4S. The summed E-state index contributed by atoms with van der Waals surface area (Å²) in [5, 5.41) is 8.75. The van der Waals surface area contributed by atoms with Crippen LogP contribution in [0.3, 0.4) is 0 Å². The highest BCUT2D eigenvalue weighted by Crippen LogP contribution is 2.31. The zero-order valence-electron chi connectivity index (χ0n) is 12.7. The molecule has 2 aromatic carbocycles. The van der Waals surface area contributed by atoms with Crippen molar-refractivity contribution in [1.82, 2.24) is 0 Å². The summed E-state index contributed by atoms with van der Waals surface area (Å²) in [5.74, 6) is 0.419. The number of ether oxygens (including phenoxy) is 1. The van der Waals surface area contributed by atoms with Crippen LogP contribution in [0.25, 0.3) is 6.08 Å². The molecule has 2 aromatic rings. The maximum Gasteiger partial charge on any atom is 0.339 e. The molecule has 0 fully saturated rings. The van der Waals surface area contributed by atoms with Crippen molar-refractivity contribution in [3.63, 3.8) is 0 Å². The molecule has 0 saturated heterocycles. The molecule has 0 aliphatic rings. The maximum atomic E-state index is 12.3. The molecule has 118 valence electrons. The van der Waals surface area contributed by atoms with Crippen molar-refractivity contribution in [2.75, 3.05) is 7.11 Å². The summed E-state index contributed by atoms with van der Waals surface area (Å²) in [6.45, 7) is 1.88. The number of allylic oxidation sites excluding steroid dienone is 1. The van der Waals surface area contributed by atoms with Gasteiger partial charge < -0.3 is 8.92 Å². The van der Waals surface area contributed by atoms with Gasteiger partial charge in [-0.2, -0.15) is 13.7 Å². The van der Waals surface area contributed by atoms with Crippen molar-refractivity contribution in [2.45, 2.75) is 11.8 Å². The molecule has 6 heteroatoms. The fourth-order valence-corrected chi connectivity index (χ4v) is 2.85. The number of rotatable bonds is 5. The highest BCUT2D eigenvalue weighted by molar-refractivity contribution is 7.87. The molecule has 5 nitrogen and oxygen atoms in total. The van der Waals surface area contributed by atoms with Crippen molar-refractivity contribution in [1.29, 1.82) is 5.26 Å². The highest BCUT2D eigenvalue weighted by Gasteiger charge is 2.19. The molecule has 0 atom stereocenters.